The fourth-order valence-electron chi connectivity index (χ4n) is 2.04. The third-order valence-electron chi connectivity index (χ3n) is 3.05. The molecule has 0 aromatic heterocycles. The molecule has 3 rings (SSSR count). The Morgan fingerprint density at radius 2 is 1.95 bits per heavy atom. The van der Waals surface area contributed by atoms with E-state index in [0.717, 1.165) is 11.8 Å². The van der Waals surface area contributed by atoms with E-state index in [4.69, 9.17) is 23.8 Å². The van der Waals surface area contributed by atoms with Crippen molar-refractivity contribution in [3.63, 3.8) is 0 Å². The monoisotopic (exact) mass is 349 g/mol. The molecule has 2 aromatic rings. The second-order valence-electron chi connectivity index (χ2n) is 4.52. The smallest absolute Gasteiger partial charge is 0.268 e. The van der Waals surface area contributed by atoms with Crippen LogP contribution in [0.4, 0.5) is 10.1 Å². The first-order valence-corrected chi connectivity index (χ1v) is 7.94. The first kappa shape index (κ1) is 15.2. The van der Waals surface area contributed by atoms with Crippen molar-refractivity contribution in [2.75, 3.05) is 4.90 Å². The molecule has 110 valence electrons. The number of anilines is 1. The maximum absolute atomic E-state index is 13.7. The second kappa shape index (κ2) is 6.20. The molecule has 0 aliphatic carbocycles. The molecule has 22 heavy (non-hydrogen) atoms. The van der Waals surface area contributed by atoms with Crippen molar-refractivity contribution in [2.24, 2.45) is 0 Å². The number of thioether (sulfide) groups is 1. The van der Waals surface area contributed by atoms with E-state index in [1.165, 1.54) is 17.0 Å². The Morgan fingerprint density at radius 1 is 1.18 bits per heavy atom. The zero-order chi connectivity index (χ0) is 15.7. The Balaban J connectivity index is 1.97. The Morgan fingerprint density at radius 3 is 2.68 bits per heavy atom. The minimum absolute atomic E-state index is 0.277. The van der Waals surface area contributed by atoms with Gasteiger partial charge in [0.15, 0.2) is 4.32 Å². The number of rotatable bonds is 2. The number of nitrogens with zero attached hydrogens (tertiary/aromatic N) is 1. The van der Waals surface area contributed by atoms with Crippen LogP contribution in [0.15, 0.2) is 53.4 Å². The maximum atomic E-state index is 13.7. The van der Waals surface area contributed by atoms with Gasteiger partial charge >= 0.3 is 0 Å². The van der Waals surface area contributed by atoms with Crippen molar-refractivity contribution < 1.29 is 9.18 Å². The van der Waals surface area contributed by atoms with Gasteiger partial charge in [-0.3, -0.25) is 9.69 Å². The van der Waals surface area contributed by atoms with Crippen molar-refractivity contribution >= 4 is 57.6 Å². The molecule has 1 amide bonds. The number of hydrogen-bond acceptors (Lipinski definition) is 3. The molecule has 1 heterocycles. The molecule has 1 aliphatic heterocycles. The minimum atomic E-state index is -0.379. The molecule has 2 aromatic carbocycles. The molecule has 0 atom stereocenters. The van der Waals surface area contributed by atoms with E-state index >= 15 is 0 Å². The average molecular weight is 350 g/mol. The molecule has 1 aliphatic rings. The molecule has 0 bridgehead atoms. The Labute approximate surface area is 141 Å². The fraction of sp³-hybridized carbons (Fsp3) is 0. The van der Waals surface area contributed by atoms with Crippen LogP contribution in [0.2, 0.25) is 5.02 Å². The Bertz CT molecular complexity index is 806. The van der Waals surface area contributed by atoms with E-state index in [0.29, 0.717) is 25.5 Å². The molecule has 0 N–H and O–H groups in total. The van der Waals surface area contributed by atoms with Gasteiger partial charge in [0.1, 0.15) is 5.82 Å². The molecule has 0 saturated carbocycles. The van der Waals surface area contributed by atoms with Crippen molar-refractivity contribution in [2.45, 2.75) is 0 Å². The number of carbonyl (C=O) groups is 1. The first-order chi connectivity index (χ1) is 10.6. The third-order valence-corrected chi connectivity index (χ3v) is 4.59. The van der Waals surface area contributed by atoms with Gasteiger partial charge in [-0.25, -0.2) is 4.39 Å². The summed E-state index contributed by atoms with van der Waals surface area (Å²) in [6.07, 6.45) is 1.51. The van der Waals surface area contributed by atoms with Gasteiger partial charge in [0.05, 0.1) is 10.6 Å². The molecule has 6 heteroatoms. The highest BCUT2D eigenvalue weighted by Gasteiger charge is 2.33. The second-order valence-corrected chi connectivity index (χ2v) is 6.63. The lowest BCUT2D eigenvalue weighted by Gasteiger charge is -2.14. The van der Waals surface area contributed by atoms with Crippen molar-refractivity contribution in [1.82, 2.24) is 0 Å². The van der Waals surface area contributed by atoms with Crippen LogP contribution in [0, 0.1) is 5.82 Å². The highest BCUT2D eigenvalue weighted by Crippen LogP contribution is 2.36. The van der Waals surface area contributed by atoms with E-state index in [-0.39, 0.29) is 11.7 Å². The quantitative estimate of drug-likeness (QED) is 0.569. The summed E-state index contributed by atoms with van der Waals surface area (Å²) in [4.78, 5) is 14.3. The van der Waals surface area contributed by atoms with Crippen LogP contribution in [-0.2, 0) is 4.79 Å². The summed E-state index contributed by atoms with van der Waals surface area (Å²) in [7, 11) is 0. The summed E-state index contributed by atoms with van der Waals surface area (Å²) in [6, 6.07) is 13.2. The molecule has 0 spiro atoms. The predicted molar refractivity (Wildman–Crippen MR) is 93.5 cm³/mol. The van der Waals surface area contributed by atoms with Gasteiger partial charge < -0.3 is 0 Å². The third kappa shape index (κ3) is 2.92. The Kier molecular flexibility index (Phi) is 4.29. The molecule has 0 unspecified atom stereocenters. The van der Waals surface area contributed by atoms with Crippen LogP contribution in [0.3, 0.4) is 0 Å². The number of benzene rings is 2. The molecule has 0 radical (unpaired) electrons. The maximum Gasteiger partial charge on any atom is 0.270 e. The summed E-state index contributed by atoms with van der Waals surface area (Å²) in [5.74, 6) is -0.656. The van der Waals surface area contributed by atoms with Crippen molar-refractivity contribution in [1.29, 1.82) is 0 Å². The van der Waals surface area contributed by atoms with Crippen LogP contribution in [-0.4, -0.2) is 10.2 Å². The lowest BCUT2D eigenvalue weighted by atomic mass is 10.2. The van der Waals surface area contributed by atoms with Gasteiger partial charge in [-0.05, 0) is 30.3 Å². The summed E-state index contributed by atoms with van der Waals surface area (Å²) in [5.41, 5.74) is 0.959. The summed E-state index contributed by atoms with van der Waals surface area (Å²) in [5, 5.41) is 0.518. The van der Waals surface area contributed by atoms with Gasteiger partial charge in [-0.15, -0.1) is 0 Å². The number of thiocarbonyl (C=S) groups is 1. The van der Waals surface area contributed by atoms with E-state index in [1.807, 2.05) is 0 Å². The lowest BCUT2D eigenvalue weighted by molar-refractivity contribution is -0.113. The molecular formula is C16H9ClFNOS2. The standard InChI is InChI=1S/C16H9ClFNOS2/c17-11-5-3-6-12(9-11)19-15(20)14(22-16(19)21)8-10-4-1-2-7-13(10)18/h1-9H/b14-8-. The van der Waals surface area contributed by atoms with E-state index in [9.17, 15) is 9.18 Å². The van der Waals surface area contributed by atoms with Crippen LogP contribution in [0.5, 0.6) is 0 Å². The van der Waals surface area contributed by atoms with E-state index in [2.05, 4.69) is 0 Å². The van der Waals surface area contributed by atoms with Crippen LogP contribution >= 0.6 is 35.6 Å². The highest BCUT2D eigenvalue weighted by atomic mass is 35.5. The van der Waals surface area contributed by atoms with Gasteiger partial charge in [0.25, 0.3) is 5.91 Å². The van der Waals surface area contributed by atoms with Gasteiger partial charge in [0, 0.05) is 10.6 Å². The predicted octanol–water partition coefficient (Wildman–Crippen LogP) is 4.88. The Hall–Kier alpha value is -1.69. The molecule has 1 fully saturated rings. The number of carbonyl (C=O) groups excluding carboxylic acids is 1. The lowest BCUT2D eigenvalue weighted by Crippen LogP contribution is -2.27. The SMILES string of the molecule is O=C1/C(=C/c2ccccc2F)SC(=S)N1c1cccc(Cl)c1. The average Bonchev–Trinajstić information content (AvgIpc) is 2.76. The fourth-order valence-corrected chi connectivity index (χ4v) is 3.51. The highest BCUT2D eigenvalue weighted by molar-refractivity contribution is 8.27. The zero-order valence-electron chi connectivity index (χ0n) is 11.1. The summed E-state index contributed by atoms with van der Waals surface area (Å²) < 4.78 is 14.1. The van der Waals surface area contributed by atoms with E-state index in [1.54, 1.807) is 42.5 Å². The number of hydrogen-bond donors (Lipinski definition) is 0. The van der Waals surface area contributed by atoms with Gasteiger partial charge in [-0.1, -0.05) is 59.8 Å². The van der Waals surface area contributed by atoms with Crippen molar-refractivity contribution in [3.8, 4) is 0 Å². The first-order valence-electron chi connectivity index (χ1n) is 6.34. The van der Waals surface area contributed by atoms with E-state index < -0.39 is 0 Å². The number of amides is 1. The zero-order valence-corrected chi connectivity index (χ0v) is 13.5. The molecule has 1 saturated heterocycles. The van der Waals surface area contributed by atoms with Crippen LogP contribution < -0.4 is 4.90 Å². The van der Waals surface area contributed by atoms with Crippen LogP contribution in [0.25, 0.3) is 6.08 Å². The van der Waals surface area contributed by atoms with Crippen molar-refractivity contribution in [3.05, 3.63) is 69.8 Å². The normalized spacial score (nSPS) is 16.6. The number of halogens is 2. The molecular weight excluding hydrogens is 341 g/mol. The molecule has 2 nitrogen and oxygen atoms in total. The summed E-state index contributed by atoms with van der Waals surface area (Å²) in [6.45, 7) is 0. The topological polar surface area (TPSA) is 20.3 Å². The van der Waals surface area contributed by atoms with Gasteiger partial charge in [-0.2, -0.15) is 0 Å². The van der Waals surface area contributed by atoms with Crippen LogP contribution in [0.1, 0.15) is 5.56 Å². The summed E-state index contributed by atoms with van der Waals surface area (Å²) >= 11 is 12.4. The largest absolute Gasteiger partial charge is 0.270 e. The minimum Gasteiger partial charge on any atom is -0.268 e. The van der Waals surface area contributed by atoms with Gasteiger partial charge in [0.2, 0.25) is 0 Å².